The van der Waals surface area contributed by atoms with E-state index in [9.17, 15) is 4.57 Å². The maximum Gasteiger partial charge on any atom is 0.189 e. The molecule has 3 atom stereocenters. The SMILES string of the molecule is C=C[C@H]1C[C@]1(N)CC[PH](=O)O. The summed E-state index contributed by atoms with van der Waals surface area (Å²) in [7, 11) is -2.32. The van der Waals surface area contributed by atoms with Gasteiger partial charge in [0.05, 0.1) is 0 Å². The lowest BCUT2D eigenvalue weighted by Gasteiger charge is -2.07. The highest BCUT2D eigenvalue weighted by Crippen LogP contribution is 2.45. The minimum absolute atomic E-state index is 0.204. The van der Waals surface area contributed by atoms with Gasteiger partial charge in [0.1, 0.15) is 0 Å². The lowest BCUT2D eigenvalue weighted by Crippen LogP contribution is -2.25. The predicted molar refractivity (Wildman–Crippen MR) is 45.9 cm³/mol. The molecule has 0 bridgehead atoms. The third-order valence-corrected chi connectivity index (χ3v) is 2.94. The van der Waals surface area contributed by atoms with Crippen molar-refractivity contribution < 1.29 is 9.46 Å². The molecule has 0 heterocycles. The van der Waals surface area contributed by atoms with Crippen LogP contribution in [0.2, 0.25) is 0 Å². The van der Waals surface area contributed by atoms with Gasteiger partial charge in [0, 0.05) is 11.7 Å². The van der Waals surface area contributed by atoms with E-state index in [0.717, 1.165) is 6.42 Å². The van der Waals surface area contributed by atoms with E-state index in [-0.39, 0.29) is 5.54 Å². The Balaban J connectivity index is 2.28. The fraction of sp³-hybridized carbons (Fsp3) is 0.714. The van der Waals surface area contributed by atoms with Crippen LogP contribution in [0.4, 0.5) is 0 Å². The molecule has 0 aromatic carbocycles. The van der Waals surface area contributed by atoms with Gasteiger partial charge >= 0.3 is 0 Å². The van der Waals surface area contributed by atoms with Crippen molar-refractivity contribution >= 4 is 8.03 Å². The molecule has 0 saturated heterocycles. The Morgan fingerprint density at radius 3 is 2.91 bits per heavy atom. The first kappa shape index (κ1) is 8.98. The van der Waals surface area contributed by atoms with Crippen LogP contribution >= 0.6 is 8.03 Å². The molecule has 4 heteroatoms. The zero-order valence-electron chi connectivity index (χ0n) is 6.42. The van der Waals surface area contributed by atoms with Gasteiger partial charge in [0.2, 0.25) is 0 Å². The third-order valence-electron chi connectivity index (χ3n) is 2.27. The van der Waals surface area contributed by atoms with Gasteiger partial charge in [-0.05, 0) is 18.8 Å². The third kappa shape index (κ3) is 2.16. The minimum Gasteiger partial charge on any atom is -0.346 e. The van der Waals surface area contributed by atoms with Crippen LogP contribution in [-0.4, -0.2) is 16.6 Å². The molecule has 0 amide bonds. The van der Waals surface area contributed by atoms with Crippen molar-refractivity contribution in [2.24, 2.45) is 11.7 Å². The van der Waals surface area contributed by atoms with Gasteiger partial charge in [-0.1, -0.05) is 6.08 Å². The van der Waals surface area contributed by atoms with Crippen molar-refractivity contribution in [1.82, 2.24) is 0 Å². The number of hydrogen-bond donors (Lipinski definition) is 2. The van der Waals surface area contributed by atoms with Crippen LogP contribution in [0, 0.1) is 5.92 Å². The lowest BCUT2D eigenvalue weighted by molar-refractivity contribution is 0.494. The molecule has 1 unspecified atom stereocenters. The summed E-state index contributed by atoms with van der Waals surface area (Å²) >= 11 is 0. The van der Waals surface area contributed by atoms with Crippen molar-refractivity contribution in [2.45, 2.75) is 18.4 Å². The Morgan fingerprint density at radius 2 is 2.55 bits per heavy atom. The van der Waals surface area contributed by atoms with E-state index in [4.69, 9.17) is 10.6 Å². The highest BCUT2D eigenvalue weighted by Gasteiger charge is 2.48. The first-order valence-corrected chi connectivity index (χ1v) is 5.28. The molecule has 1 rings (SSSR count). The van der Waals surface area contributed by atoms with E-state index in [1.165, 1.54) is 0 Å². The quantitative estimate of drug-likeness (QED) is 0.489. The molecule has 0 aromatic rings. The topological polar surface area (TPSA) is 63.3 Å². The molecule has 0 aromatic heterocycles. The predicted octanol–water partition coefficient (Wildman–Crippen LogP) is 0.747. The first-order valence-electron chi connectivity index (χ1n) is 3.72. The molecule has 0 spiro atoms. The van der Waals surface area contributed by atoms with E-state index in [2.05, 4.69) is 6.58 Å². The van der Waals surface area contributed by atoms with E-state index in [1.807, 2.05) is 6.08 Å². The molecule has 1 saturated carbocycles. The molecule has 0 aliphatic heterocycles. The van der Waals surface area contributed by atoms with Gasteiger partial charge in [0.25, 0.3) is 0 Å². The lowest BCUT2D eigenvalue weighted by atomic mass is 10.1. The highest BCUT2D eigenvalue weighted by atomic mass is 31.1. The number of rotatable bonds is 4. The second kappa shape index (κ2) is 3.10. The van der Waals surface area contributed by atoms with Crippen LogP contribution in [0.15, 0.2) is 12.7 Å². The molecule has 3 N–H and O–H groups in total. The van der Waals surface area contributed by atoms with Crippen molar-refractivity contribution in [3.63, 3.8) is 0 Å². The molecule has 64 valence electrons. The second-order valence-corrected chi connectivity index (χ2v) is 4.46. The largest absolute Gasteiger partial charge is 0.346 e. The van der Waals surface area contributed by atoms with Crippen LogP contribution in [0.25, 0.3) is 0 Å². The standard InChI is InChI=1S/C7H14NO2P/c1-2-6-5-7(6,8)3-4-11(9)10/h2,6,11H,1,3-5,8H2,(H,9,10)/t6-,7+/m0/s1. The molecule has 1 aliphatic rings. The van der Waals surface area contributed by atoms with Crippen LogP contribution in [0.1, 0.15) is 12.8 Å². The van der Waals surface area contributed by atoms with Gasteiger partial charge < -0.3 is 10.6 Å². The van der Waals surface area contributed by atoms with Crippen LogP contribution in [0.3, 0.4) is 0 Å². The average molecular weight is 175 g/mol. The van der Waals surface area contributed by atoms with Crippen LogP contribution in [0.5, 0.6) is 0 Å². The van der Waals surface area contributed by atoms with Crippen molar-refractivity contribution in [1.29, 1.82) is 0 Å². The molecular formula is C7H14NO2P. The van der Waals surface area contributed by atoms with Crippen LogP contribution in [-0.2, 0) is 4.57 Å². The Hall–Kier alpha value is -0.110. The van der Waals surface area contributed by atoms with E-state index >= 15 is 0 Å². The Morgan fingerprint density at radius 1 is 1.91 bits per heavy atom. The normalized spacial score (nSPS) is 38.2. The van der Waals surface area contributed by atoms with Gasteiger partial charge in [-0.3, -0.25) is 4.57 Å². The summed E-state index contributed by atoms with van der Waals surface area (Å²) in [4.78, 5) is 8.57. The molecule has 11 heavy (non-hydrogen) atoms. The Labute approximate surface area is 67.2 Å². The Bertz CT molecular complexity index is 195. The molecule has 1 fully saturated rings. The zero-order chi connectivity index (χ0) is 8.48. The van der Waals surface area contributed by atoms with E-state index in [1.54, 1.807) is 0 Å². The summed E-state index contributed by atoms with van der Waals surface area (Å²) in [6, 6.07) is 0. The van der Waals surface area contributed by atoms with Crippen molar-refractivity contribution in [3.05, 3.63) is 12.7 Å². The molecular weight excluding hydrogens is 161 g/mol. The summed E-state index contributed by atoms with van der Waals surface area (Å²) in [6.45, 7) is 3.63. The monoisotopic (exact) mass is 175 g/mol. The van der Waals surface area contributed by atoms with Gasteiger partial charge in [-0.25, -0.2) is 0 Å². The highest BCUT2D eigenvalue weighted by molar-refractivity contribution is 7.37. The maximum atomic E-state index is 10.4. The number of nitrogens with two attached hydrogens (primary N) is 1. The van der Waals surface area contributed by atoms with Crippen molar-refractivity contribution in [2.75, 3.05) is 6.16 Å². The fourth-order valence-electron chi connectivity index (χ4n) is 1.30. The molecule has 0 radical (unpaired) electrons. The smallest absolute Gasteiger partial charge is 0.189 e. The zero-order valence-corrected chi connectivity index (χ0v) is 7.42. The first-order chi connectivity index (χ1) is 5.08. The van der Waals surface area contributed by atoms with Crippen LogP contribution < -0.4 is 5.73 Å². The van der Waals surface area contributed by atoms with E-state index < -0.39 is 8.03 Å². The van der Waals surface area contributed by atoms with Crippen molar-refractivity contribution in [3.8, 4) is 0 Å². The summed E-state index contributed by atoms with van der Waals surface area (Å²) in [5, 5.41) is 0. The summed E-state index contributed by atoms with van der Waals surface area (Å²) in [6.07, 6.45) is 3.75. The van der Waals surface area contributed by atoms with Gasteiger partial charge in [0.15, 0.2) is 8.03 Å². The minimum atomic E-state index is -2.32. The maximum absolute atomic E-state index is 10.4. The average Bonchev–Trinajstić information content (AvgIpc) is 2.59. The fourth-order valence-corrected chi connectivity index (χ4v) is 1.97. The van der Waals surface area contributed by atoms with E-state index in [0.29, 0.717) is 18.5 Å². The summed E-state index contributed by atoms with van der Waals surface area (Å²) in [5.74, 6) is 0.365. The molecule has 1 aliphatic carbocycles. The summed E-state index contributed by atoms with van der Waals surface area (Å²) in [5.41, 5.74) is 5.64. The Kier molecular flexibility index (Phi) is 2.53. The van der Waals surface area contributed by atoms with Gasteiger partial charge in [-0.2, -0.15) is 0 Å². The second-order valence-electron chi connectivity index (χ2n) is 3.17. The number of hydrogen-bond acceptors (Lipinski definition) is 2. The van der Waals surface area contributed by atoms with Gasteiger partial charge in [-0.15, -0.1) is 6.58 Å². The summed E-state index contributed by atoms with van der Waals surface area (Å²) < 4.78 is 10.4. The molecule has 3 nitrogen and oxygen atoms in total.